The highest BCUT2D eigenvalue weighted by molar-refractivity contribution is 6.32. The molecule has 4 N–H and O–H groups in total. The molecule has 10 nitrogen and oxygen atoms in total. The molecule has 1 aromatic carbocycles. The first-order chi connectivity index (χ1) is 23.7. The van der Waals surface area contributed by atoms with E-state index < -0.39 is 0 Å². The molecule has 2 heterocycles. The van der Waals surface area contributed by atoms with Crippen molar-refractivity contribution in [2.75, 3.05) is 58.9 Å². The summed E-state index contributed by atoms with van der Waals surface area (Å²) in [4.78, 5) is 15.4. The van der Waals surface area contributed by atoms with Crippen molar-refractivity contribution >= 4 is 23.2 Å². The van der Waals surface area contributed by atoms with Crippen LogP contribution in [0.15, 0.2) is 18.2 Å². The van der Waals surface area contributed by atoms with Crippen molar-refractivity contribution < 1.29 is 19.0 Å². The predicted molar refractivity (Wildman–Crippen MR) is 197 cm³/mol. The van der Waals surface area contributed by atoms with Gasteiger partial charge in [0.1, 0.15) is 12.4 Å². The minimum absolute atomic E-state index is 0.0705. The van der Waals surface area contributed by atoms with Crippen LogP contribution in [0.5, 0.6) is 5.75 Å². The minimum atomic E-state index is -0.269. The Kier molecular flexibility index (Phi) is 16.2. The van der Waals surface area contributed by atoms with Gasteiger partial charge in [-0.1, -0.05) is 44.2 Å². The second-order valence-corrected chi connectivity index (χ2v) is 15.0. The number of nitriles is 1. The van der Waals surface area contributed by atoms with Gasteiger partial charge in [-0.25, -0.2) is 0 Å². The number of unbranched alkanes of at least 4 members (excludes halogenated alkanes) is 3. The van der Waals surface area contributed by atoms with Crippen LogP contribution >= 0.6 is 11.6 Å². The lowest BCUT2D eigenvalue weighted by Crippen LogP contribution is -2.69. The summed E-state index contributed by atoms with van der Waals surface area (Å²) in [6, 6.07) is 8.68. The van der Waals surface area contributed by atoms with Crippen LogP contribution in [0.1, 0.15) is 91.4 Å². The van der Waals surface area contributed by atoms with E-state index in [9.17, 15) is 10.1 Å². The van der Waals surface area contributed by atoms with Crippen molar-refractivity contribution in [1.82, 2.24) is 20.9 Å². The molecule has 276 valence electrons. The molecule has 1 aliphatic carbocycles. The highest BCUT2D eigenvalue weighted by Crippen LogP contribution is 2.50. The summed E-state index contributed by atoms with van der Waals surface area (Å²) in [6.45, 7) is 10.5. The van der Waals surface area contributed by atoms with E-state index in [1.807, 2.05) is 46.1 Å². The van der Waals surface area contributed by atoms with Crippen molar-refractivity contribution in [2.24, 2.45) is 11.3 Å². The summed E-state index contributed by atoms with van der Waals surface area (Å²) in [5.74, 6) is 0.473. The molecule has 2 saturated heterocycles. The van der Waals surface area contributed by atoms with Crippen LogP contribution in [-0.4, -0.2) is 101 Å². The van der Waals surface area contributed by atoms with Crippen molar-refractivity contribution in [2.45, 2.75) is 128 Å². The zero-order valence-electron chi connectivity index (χ0n) is 30.7. The van der Waals surface area contributed by atoms with Gasteiger partial charge in [0.2, 0.25) is 5.91 Å². The van der Waals surface area contributed by atoms with E-state index in [2.05, 4.69) is 39.2 Å². The largest absolute Gasteiger partial charge is 0.490 e. The van der Waals surface area contributed by atoms with E-state index >= 15 is 0 Å². The Morgan fingerprint density at radius 2 is 1.90 bits per heavy atom. The Hall–Kier alpha value is -2.13. The number of amides is 1. The lowest BCUT2D eigenvalue weighted by Gasteiger charge is -2.58. The molecule has 3 aliphatic rings. The molecular formula is C38H63ClN6O4. The van der Waals surface area contributed by atoms with Gasteiger partial charge in [-0.3, -0.25) is 4.79 Å². The van der Waals surface area contributed by atoms with Crippen LogP contribution in [0.4, 0.5) is 5.69 Å². The monoisotopic (exact) mass is 702 g/mol. The number of anilines is 1. The molecular weight excluding hydrogens is 640 g/mol. The molecule has 49 heavy (non-hydrogen) atoms. The van der Waals surface area contributed by atoms with Gasteiger partial charge in [0.05, 0.1) is 41.3 Å². The van der Waals surface area contributed by atoms with Crippen LogP contribution in [0.25, 0.3) is 0 Å². The molecule has 2 aliphatic heterocycles. The maximum absolute atomic E-state index is 13.3. The van der Waals surface area contributed by atoms with Crippen LogP contribution in [0.2, 0.25) is 5.02 Å². The number of rotatable bonds is 19. The summed E-state index contributed by atoms with van der Waals surface area (Å²) in [5.41, 5.74) is 0.609. The van der Waals surface area contributed by atoms with E-state index in [1.54, 1.807) is 0 Å². The maximum Gasteiger partial charge on any atom is 0.220 e. The normalized spacial score (nSPS) is 30.0. The quantitative estimate of drug-likeness (QED) is 0.134. The van der Waals surface area contributed by atoms with E-state index in [1.165, 1.54) is 6.42 Å². The summed E-state index contributed by atoms with van der Waals surface area (Å²) in [7, 11) is 4.06. The minimum Gasteiger partial charge on any atom is -0.490 e. The number of halogens is 1. The van der Waals surface area contributed by atoms with Crippen molar-refractivity contribution in [3.8, 4) is 11.8 Å². The Morgan fingerprint density at radius 1 is 1.08 bits per heavy atom. The molecule has 1 amide bonds. The fourth-order valence-electron chi connectivity index (χ4n) is 8.27. The first-order valence-electron chi connectivity index (χ1n) is 18.9. The standard InChI is InChI=1S/C38H63ClN6O4/c1-6-9-10-11-18-38-22-32(44-36(46)13-12-19-45(4)5)34(48-8-3)21-35(38)42-24-27(23-40)37(38)43-28-15-17-33(31(39)20-28)49-26-29-14-16-30(25-41-29)47-7-2/h15,17,20,27,29-30,32,34-35,37,41-43H,6-14,16,18-19,21-22,24-26H2,1-5H3,(H,44,46). The molecule has 0 radical (unpaired) electrons. The van der Waals surface area contributed by atoms with Crippen LogP contribution in [0, 0.1) is 22.7 Å². The first kappa shape index (κ1) is 39.7. The molecule has 3 fully saturated rings. The zero-order chi connectivity index (χ0) is 35.2. The smallest absolute Gasteiger partial charge is 0.220 e. The summed E-state index contributed by atoms with van der Waals surface area (Å²) >= 11 is 6.84. The topological polar surface area (TPSA) is 120 Å². The third kappa shape index (κ3) is 11.2. The van der Waals surface area contributed by atoms with Gasteiger partial charge in [-0.2, -0.15) is 5.26 Å². The average molecular weight is 703 g/mol. The molecule has 1 saturated carbocycles. The molecule has 0 aromatic heterocycles. The number of fused-ring (bicyclic) bond motifs is 1. The number of piperidine rings is 2. The highest BCUT2D eigenvalue weighted by atomic mass is 35.5. The number of carbonyl (C=O) groups excluding carboxylic acids is 1. The number of hydrogen-bond acceptors (Lipinski definition) is 9. The fourth-order valence-corrected chi connectivity index (χ4v) is 8.51. The molecule has 1 aromatic rings. The van der Waals surface area contributed by atoms with Crippen LogP contribution in [0.3, 0.4) is 0 Å². The summed E-state index contributed by atoms with van der Waals surface area (Å²) in [5, 5.41) is 25.6. The third-order valence-electron chi connectivity index (χ3n) is 10.8. The van der Waals surface area contributed by atoms with E-state index in [-0.39, 0.29) is 53.6 Å². The predicted octanol–water partition coefficient (Wildman–Crippen LogP) is 5.75. The lowest BCUT2D eigenvalue weighted by atomic mass is 9.56. The van der Waals surface area contributed by atoms with Gasteiger partial charge < -0.3 is 40.4 Å². The highest BCUT2D eigenvalue weighted by Gasteiger charge is 2.56. The maximum atomic E-state index is 13.3. The SMILES string of the molecule is CCCCCCC12CC(NC(=O)CCCN(C)C)C(OCC)CC1NCC(C#N)C2Nc1ccc(OCC2CCC(OCC)CN2)c(Cl)c1. The number of ether oxygens (including phenoxy) is 3. The number of nitrogens with zero attached hydrogens (tertiary/aromatic N) is 2. The lowest BCUT2D eigenvalue weighted by molar-refractivity contribution is -0.126. The Labute approximate surface area is 300 Å². The van der Waals surface area contributed by atoms with E-state index in [4.69, 9.17) is 25.8 Å². The molecule has 8 atom stereocenters. The molecule has 8 unspecified atom stereocenters. The molecule has 0 spiro atoms. The number of nitrogens with one attached hydrogen (secondary N) is 4. The van der Waals surface area contributed by atoms with E-state index in [0.717, 1.165) is 83.2 Å². The summed E-state index contributed by atoms with van der Waals surface area (Å²) in [6.07, 6.45) is 10.5. The van der Waals surface area contributed by atoms with Crippen molar-refractivity contribution in [3.63, 3.8) is 0 Å². The zero-order valence-corrected chi connectivity index (χ0v) is 31.5. The fraction of sp³-hybridized carbons (Fsp3) is 0.789. The van der Waals surface area contributed by atoms with Gasteiger partial charge in [0, 0.05) is 55.9 Å². The molecule has 11 heteroatoms. The second-order valence-electron chi connectivity index (χ2n) is 14.6. The first-order valence-corrected chi connectivity index (χ1v) is 19.3. The van der Waals surface area contributed by atoms with Gasteiger partial charge in [0.25, 0.3) is 0 Å². The van der Waals surface area contributed by atoms with Gasteiger partial charge in [-0.15, -0.1) is 0 Å². The van der Waals surface area contributed by atoms with Gasteiger partial charge in [0.15, 0.2) is 0 Å². The van der Waals surface area contributed by atoms with Crippen molar-refractivity contribution in [1.29, 1.82) is 5.26 Å². The number of hydrogen-bond donors (Lipinski definition) is 4. The Balaban J connectivity index is 1.53. The van der Waals surface area contributed by atoms with E-state index in [0.29, 0.717) is 37.0 Å². The number of carbonyl (C=O) groups is 1. The third-order valence-corrected chi connectivity index (χ3v) is 11.1. The average Bonchev–Trinajstić information content (AvgIpc) is 3.08. The van der Waals surface area contributed by atoms with Gasteiger partial charge in [-0.05, 0) is 91.2 Å². The Morgan fingerprint density at radius 3 is 2.57 bits per heavy atom. The van der Waals surface area contributed by atoms with Gasteiger partial charge >= 0.3 is 0 Å². The van der Waals surface area contributed by atoms with Crippen LogP contribution < -0.4 is 26.0 Å². The molecule has 0 bridgehead atoms. The van der Waals surface area contributed by atoms with Crippen molar-refractivity contribution in [3.05, 3.63) is 23.2 Å². The second kappa shape index (κ2) is 20.0. The molecule has 4 rings (SSSR count). The Bertz CT molecular complexity index is 1190. The number of benzene rings is 1. The van der Waals surface area contributed by atoms with Crippen LogP contribution in [-0.2, 0) is 14.3 Å². The summed E-state index contributed by atoms with van der Waals surface area (Å²) < 4.78 is 18.2.